The zero-order valence-corrected chi connectivity index (χ0v) is 10.5. The van der Waals surface area contributed by atoms with Crippen molar-refractivity contribution in [2.75, 3.05) is 6.54 Å². The van der Waals surface area contributed by atoms with E-state index in [-0.39, 0.29) is 6.10 Å². The number of rotatable bonds is 7. The molecule has 16 heavy (non-hydrogen) atoms. The standard InChI is InChI=1S/C13H23NO2/c1-4-11-5-6-12(16-11)9-14-8-7-13(15)10(2)3/h5-6,10,13-15H,4,7-9H2,1-3H3. The summed E-state index contributed by atoms with van der Waals surface area (Å²) in [5.74, 6) is 2.33. The first-order valence-electron chi connectivity index (χ1n) is 6.09. The van der Waals surface area contributed by atoms with Crippen LogP contribution in [0.1, 0.15) is 38.7 Å². The van der Waals surface area contributed by atoms with Gasteiger partial charge in [0.1, 0.15) is 11.5 Å². The van der Waals surface area contributed by atoms with Crippen LogP contribution in [0, 0.1) is 5.92 Å². The normalized spacial score (nSPS) is 13.3. The quantitative estimate of drug-likeness (QED) is 0.700. The molecule has 0 spiro atoms. The summed E-state index contributed by atoms with van der Waals surface area (Å²) in [6, 6.07) is 4.02. The van der Waals surface area contributed by atoms with Crippen LogP contribution in [0.3, 0.4) is 0 Å². The maximum absolute atomic E-state index is 9.60. The van der Waals surface area contributed by atoms with Gasteiger partial charge in [-0.3, -0.25) is 0 Å². The van der Waals surface area contributed by atoms with E-state index in [9.17, 15) is 5.11 Å². The van der Waals surface area contributed by atoms with Gasteiger partial charge in [-0.1, -0.05) is 20.8 Å². The molecule has 1 unspecified atom stereocenters. The predicted octanol–water partition coefficient (Wildman–Crippen LogP) is 2.34. The third kappa shape index (κ3) is 4.37. The van der Waals surface area contributed by atoms with Gasteiger partial charge in [-0.2, -0.15) is 0 Å². The van der Waals surface area contributed by atoms with Crippen LogP contribution >= 0.6 is 0 Å². The van der Waals surface area contributed by atoms with Gasteiger partial charge >= 0.3 is 0 Å². The molecule has 0 amide bonds. The maximum Gasteiger partial charge on any atom is 0.117 e. The summed E-state index contributed by atoms with van der Waals surface area (Å²) in [6.45, 7) is 7.71. The van der Waals surface area contributed by atoms with E-state index >= 15 is 0 Å². The summed E-state index contributed by atoms with van der Waals surface area (Å²) in [5, 5.41) is 12.9. The molecule has 1 aromatic heterocycles. The second-order valence-corrected chi connectivity index (χ2v) is 4.50. The highest BCUT2D eigenvalue weighted by Gasteiger charge is 2.08. The molecule has 2 N–H and O–H groups in total. The Morgan fingerprint density at radius 3 is 2.56 bits per heavy atom. The molecule has 1 aromatic rings. The Labute approximate surface area is 97.9 Å². The molecule has 0 saturated carbocycles. The van der Waals surface area contributed by atoms with Gasteiger partial charge in [0.15, 0.2) is 0 Å². The molecule has 0 aliphatic heterocycles. The van der Waals surface area contributed by atoms with Crippen molar-refractivity contribution < 1.29 is 9.52 Å². The number of hydrogen-bond acceptors (Lipinski definition) is 3. The lowest BCUT2D eigenvalue weighted by Gasteiger charge is -2.13. The summed E-state index contributed by atoms with van der Waals surface area (Å²) in [5.41, 5.74) is 0. The topological polar surface area (TPSA) is 45.4 Å². The van der Waals surface area contributed by atoms with Crippen molar-refractivity contribution in [3.05, 3.63) is 23.7 Å². The summed E-state index contributed by atoms with van der Waals surface area (Å²) >= 11 is 0. The zero-order chi connectivity index (χ0) is 12.0. The van der Waals surface area contributed by atoms with Gasteiger partial charge in [-0.25, -0.2) is 0 Å². The minimum absolute atomic E-state index is 0.213. The molecule has 0 radical (unpaired) electrons. The molecule has 0 aliphatic carbocycles. The SMILES string of the molecule is CCc1ccc(CNCCC(O)C(C)C)o1. The van der Waals surface area contributed by atoms with Crippen molar-refractivity contribution in [3.63, 3.8) is 0 Å². The van der Waals surface area contributed by atoms with Gasteiger partial charge in [0, 0.05) is 6.42 Å². The minimum atomic E-state index is -0.213. The Kier molecular flexibility index (Phi) is 5.56. The van der Waals surface area contributed by atoms with Crippen LogP contribution in [0.2, 0.25) is 0 Å². The van der Waals surface area contributed by atoms with Crippen LogP contribution in [0.5, 0.6) is 0 Å². The largest absolute Gasteiger partial charge is 0.465 e. The molecule has 0 aliphatic rings. The molecule has 1 rings (SSSR count). The number of hydrogen-bond donors (Lipinski definition) is 2. The van der Waals surface area contributed by atoms with Crippen LogP contribution in [-0.4, -0.2) is 17.8 Å². The van der Waals surface area contributed by atoms with Crippen molar-refractivity contribution in [3.8, 4) is 0 Å². The average Bonchev–Trinajstić information content (AvgIpc) is 2.71. The number of aryl methyl sites for hydroxylation is 1. The molecule has 0 saturated heterocycles. The van der Waals surface area contributed by atoms with Crippen LogP contribution in [0.25, 0.3) is 0 Å². The van der Waals surface area contributed by atoms with Crippen molar-refractivity contribution in [1.29, 1.82) is 0 Å². The second kappa shape index (κ2) is 6.71. The van der Waals surface area contributed by atoms with Crippen molar-refractivity contribution in [2.24, 2.45) is 5.92 Å². The molecule has 0 bridgehead atoms. The first kappa shape index (κ1) is 13.3. The molecule has 1 atom stereocenters. The Bertz CT molecular complexity index is 294. The van der Waals surface area contributed by atoms with Gasteiger partial charge < -0.3 is 14.8 Å². The summed E-state index contributed by atoms with van der Waals surface area (Å²) in [6.07, 6.45) is 1.51. The highest BCUT2D eigenvalue weighted by atomic mass is 16.3. The van der Waals surface area contributed by atoms with Gasteiger partial charge in [-0.05, 0) is 31.0 Å². The van der Waals surface area contributed by atoms with E-state index < -0.39 is 0 Å². The fraction of sp³-hybridized carbons (Fsp3) is 0.692. The zero-order valence-electron chi connectivity index (χ0n) is 10.5. The van der Waals surface area contributed by atoms with E-state index in [0.717, 1.165) is 37.5 Å². The van der Waals surface area contributed by atoms with Crippen LogP contribution < -0.4 is 5.32 Å². The molecule has 1 heterocycles. The number of nitrogens with one attached hydrogen (secondary N) is 1. The molecule has 92 valence electrons. The fourth-order valence-electron chi connectivity index (χ4n) is 1.50. The first-order valence-corrected chi connectivity index (χ1v) is 6.09. The highest BCUT2D eigenvalue weighted by Crippen LogP contribution is 2.08. The van der Waals surface area contributed by atoms with E-state index in [0.29, 0.717) is 5.92 Å². The lowest BCUT2D eigenvalue weighted by molar-refractivity contribution is 0.116. The second-order valence-electron chi connectivity index (χ2n) is 4.50. The predicted molar refractivity (Wildman–Crippen MR) is 65.3 cm³/mol. The maximum atomic E-state index is 9.60. The molecule has 0 aromatic carbocycles. The van der Waals surface area contributed by atoms with Crippen molar-refractivity contribution >= 4 is 0 Å². The van der Waals surface area contributed by atoms with E-state index in [1.807, 2.05) is 26.0 Å². The molecule has 3 heteroatoms. The third-order valence-corrected chi connectivity index (χ3v) is 2.75. The number of aliphatic hydroxyl groups excluding tert-OH is 1. The number of furan rings is 1. The van der Waals surface area contributed by atoms with Crippen molar-refractivity contribution in [2.45, 2.75) is 46.3 Å². The molecule has 0 fully saturated rings. The third-order valence-electron chi connectivity index (χ3n) is 2.75. The van der Waals surface area contributed by atoms with E-state index in [1.165, 1.54) is 0 Å². The smallest absolute Gasteiger partial charge is 0.117 e. The lowest BCUT2D eigenvalue weighted by Crippen LogP contribution is -2.23. The number of aliphatic hydroxyl groups is 1. The Hall–Kier alpha value is -0.800. The highest BCUT2D eigenvalue weighted by molar-refractivity contribution is 5.06. The van der Waals surface area contributed by atoms with Gasteiger partial charge in [0.25, 0.3) is 0 Å². The lowest BCUT2D eigenvalue weighted by atomic mass is 10.0. The van der Waals surface area contributed by atoms with Gasteiger partial charge in [0.2, 0.25) is 0 Å². The van der Waals surface area contributed by atoms with Gasteiger partial charge in [0.05, 0.1) is 12.6 Å². The van der Waals surface area contributed by atoms with E-state index in [1.54, 1.807) is 0 Å². The van der Waals surface area contributed by atoms with Crippen LogP contribution in [0.4, 0.5) is 0 Å². The molecule has 3 nitrogen and oxygen atoms in total. The monoisotopic (exact) mass is 225 g/mol. The van der Waals surface area contributed by atoms with Crippen LogP contribution in [0.15, 0.2) is 16.5 Å². The molecular weight excluding hydrogens is 202 g/mol. The van der Waals surface area contributed by atoms with E-state index in [2.05, 4.69) is 12.2 Å². The van der Waals surface area contributed by atoms with E-state index in [4.69, 9.17) is 4.42 Å². The first-order chi connectivity index (χ1) is 7.63. The van der Waals surface area contributed by atoms with Gasteiger partial charge in [-0.15, -0.1) is 0 Å². The molecular formula is C13H23NO2. The van der Waals surface area contributed by atoms with Crippen LogP contribution in [-0.2, 0) is 13.0 Å². The fourth-order valence-corrected chi connectivity index (χ4v) is 1.50. The average molecular weight is 225 g/mol. The summed E-state index contributed by atoms with van der Waals surface area (Å²) < 4.78 is 5.56. The Morgan fingerprint density at radius 2 is 2.00 bits per heavy atom. The Balaban J connectivity index is 2.16. The van der Waals surface area contributed by atoms with Crippen molar-refractivity contribution in [1.82, 2.24) is 5.32 Å². The minimum Gasteiger partial charge on any atom is -0.465 e. The Morgan fingerprint density at radius 1 is 1.31 bits per heavy atom. The summed E-state index contributed by atoms with van der Waals surface area (Å²) in [4.78, 5) is 0. The summed E-state index contributed by atoms with van der Waals surface area (Å²) in [7, 11) is 0.